The lowest BCUT2D eigenvalue weighted by molar-refractivity contribution is 0.585. The zero-order valence-corrected chi connectivity index (χ0v) is 16.2. The summed E-state index contributed by atoms with van der Waals surface area (Å²) in [6, 6.07) is 22.5. The van der Waals surface area contributed by atoms with E-state index in [2.05, 4.69) is 61.5 Å². The lowest BCUT2D eigenvalue weighted by Gasteiger charge is -2.25. The number of hydrogen-bond donors (Lipinski definition) is 0. The highest BCUT2D eigenvalue weighted by atomic mass is 14.3. The van der Waals surface area contributed by atoms with Gasteiger partial charge >= 0.3 is 0 Å². The van der Waals surface area contributed by atoms with Gasteiger partial charge in [0.25, 0.3) is 0 Å². The number of unbranched alkanes of at least 4 members (excludes halogenated alkanes) is 2. The van der Waals surface area contributed by atoms with E-state index in [9.17, 15) is 0 Å². The third-order valence-corrected chi connectivity index (χ3v) is 6.03. The second-order valence-corrected chi connectivity index (χ2v) is 7.93. The van der Waals surface area contributed by atoms with Gasteiger partial charge in [0.1, 0.15) is 0 Å². The summed E-state index contributed by atoms with van der Waals surface area (Å²) >= 11 is 0. The molecular formula is C26H27N. The second-order valence-electron chi connectivity index (χ2n) is 7.93. The van der Waals surface area contributed by atoms with Gasteiger partial charge in [0.15, 0.2) is 0 Å². The zero-order chi connectivity index (χ0) is 18.6. The average molecular weight is 354 g/mol. The van der Waals surface area contributed by atoms with Crippen molar-refractivity contribution < 1.29 is 0 Å². The van der Waals surface area contributed by atoms with Gasteiger partial charge in [-0.25, -0.2) is 0 Å². The lowest BCUT2D eigenvalue weighted by Crippen LogP contribution is -2.13. The standard InChI is InChI=1S/C26H27N/c1-2-3-4-5-19-6-8-23-16-25(12-10-21(23)14-19)26-13-11-22-15-20(18-27)7-9-24(22)17-26/h6-10,12,14-16,26H,2-5,11,13,17H2,1H3. The fraction of sp³-hybridized carbons (Fsp3) is 0.346. The molecule has 0 heterocycles. The molecule has 0 saturated heterocycles. The maximum Gasteiger partial charge on any atom is 0.0991 e. The van der Waals surface area contributed by atoms with Gasteiger partial charge in [-0.15, -0.1) is 0 Å². The highest BCUT2D eigenvalue weighted by molar-refractivity contribution is 5.84. The molecule has 1 atom stereocenters. The van der Waals surface area contributed by atoms with Gasteiger partial charge in [0, 0.05) is 0 Å². The summed E-state index contributed by atoms with van der Waals surface area (Å²) in [5, 5.41) is 11.8. The molecule has 0 spiro atoms. The molecule has 4 rings (SSSR count). The van der Waals surface area contributed by atoms with E-state index in [1.165, 1.54) is 65.1 Å². The number of hydrogen-bond acceptors (Lipinski definition) is 1. The summed E-state index contributed by atoms with van der Waals surface area (Å²) in [5.41, 5.74) is 6.48. The average Bonchev–Trinajstić information content (AvgIpc) is 2.72. The maximum absolute atomic E-state index is 9.10. The van der Waals surface area contributed by atoms with Gasteiger partial charge in [0.05, 0.1) is 11.6 Å². The van der Waals surface area contributed by atoms with E-state index in [0.717, 1.165) is 18.4 Å². The van der Waals surface area contributed by atoms with Crippen LogP contribution in [-0.4, -0.2) is 0 Å². The Morgan fingerprint density at radius 1 is 0.926 bits per heavy atom. The van der Waals surface area contributed by atoms with Crippen molar-refractivity contribution in [2.45, 2.75) is 57.8 Å². The molecule has 0 radical (unpaired) electrons. The molecule has 0 bridgehead atoms. The van der Waals surface area contributed by atoms with Crippen LogP contribution < -0.4 is 0 Å². The van der Waals surface area contributed by atoms with Crippen molar-refractivity contribution in [3.05, 3.63) is 82.4 Å². The first-order valence-corrected chi connectivity index (χ1v) is 10.3. The molecule has 0 N–H and O–H groups in total. The van der Waals surface area contributed by atoms with Gasteiger partial charge in [-0.05, 0) is 83.2 Å². The summed E-state index contributed by atoms with van der Waals surface area (Å²) in [6.45, 7) is 2.26. The van der Waals surface area contributed by atoms with Crippen molar-refractivity contribution in [3.8, 4) is 6.07 Å². The Bertz CT molecular complexity index is 993. The Labute approximate surface area is 162 Å². The van der Waals surface area contributed by atoms with Gasteiger partial charge < -0.3 is 0 Å². The van der Waals surface area contributed by atoms with Crippen LogP contribution in [0.1, 0.15) is 66.3 Å². The minimum absolute atomic E-state index is 0.582. The molecule has 0 amide bonds. The third-order valence-electron chi connectivity index (χ3n) is 6.03. The molecule has 0 fully saturated rings. The predicted octanol–water partition coefficient (Wildman–Crippen LogP) is 6.72. The smallest absolute Gasteiger partial charge is 0.0991 e. The van der Waals surface area contributed by atoms with Crippen LogP contribution >= 0.6 is 0 Å². The van der Waals surface area contributed by atoms with Crippen molar-refractivity contribution in [1.29, 1.82) is 5.26 Å². The number of nitrogens with zero attached hydrogens (tertiary/aromatic N) is 1. The van der Waals surface area contributed by atoms with E-state index in [-0.39, 0.29) is 0 Å². The molecule has 1 aliphatic carbocycles. The number of fused-ring (bicyclic) bond motifs is 2. The van der Waals surface area contributed by atoms with E-state index in [1.807, 2.05) is 6.07 Å². The second kappa shape index (κ2) is 7.97. The Morgan fingerprint density at radius 3 is 2.63 bits per heavy atom. The predicted molar refractivity (Wildman–Crippen MR) is 113 cm³/mol. The van der Waals surface area contributed by atoms with E-state index < -0.39 is 0 Å². The fourth-order valence-electron chi connectivity index (χ4n) is 4.41. The van der Waals surface area contributed by atoms with Crippen molar-refractivity contribution in [2.75, 3.05) is 0 Å². The van der Waals surface area contributed by atoms with Crippen LogP contribution in [0.5, 0.6) is 0 Å². The molecule has 3 aromatic carbocycles. The molecule has 0 saturated carbocycles. The Morgan fingerprint density at radius 2 is 1.78 bits per heavy atom. The molecule has 3 aromatic rings. The third kappa shape index (κ3) is 3.91. The maximum atomic E-state index is 9.10. The molecular weight excluding hydrogens is 326 g/mol. The van der Waals surface area contributed by atoms with Gasteiger partial charge in [-0.3, -0.25) is 0 Å². The number of nitriles is 1. The molecule has 1 nitrogen and oxygen atoms in total. The Kier molecular flexibility index (Phi) is 5.26. The molecule has 0 aromatic heterocycles. The summed E-state index contributed by atoms with van der Waals surface area (Å²) in [4.78, 5) is 0. The molecule has 136 valence electrons. The van der Waals surface area contributed by atoms with E-state index in [1.54, 1.807) is 0 Å². The summed E-state index contributed by atoms with van der Waals surface area (Å²) in [5.74, 6) is 0.582. The molecule has 1 aliphatic rings. The van der Waals surface area contributed by atoms with Crippen molar-refractivity contribution in [1.82, 2.24) is 0 Å². The van der Waals surface area contributed by atoms with Crippen molar-refractivity contribution in [3.63, 3.8) is 0 Å². The van der Waals surface area contributed by atoms with Gasteiger partial charge in [-0.1, -0.05) is 62.2 Å². The number of rotatable bonds is 5. The van der Waals surface area contributed by atoms with Crippen LogP contribution in [-0.2, 0) is 19.3 Å². The summed E-state index contributed by atoms with van der Waals surface area (Å²) in [6.07, 6.45) is 8.40. The topological polar surface area (TPSA) is 23.8 Å². The summed E-state index contributed by atoms with van der Waals surface area (Å²) in [7, 11) is 0. The highest BCUT2D eigenvalue weighted by Crippen LogP contribution is 2.34. The lowest BCUT2D eigenvalue weighted by atomic mass is 9.79. The van der Waals surface area contributed by atoms with Gasteiger partial charge in [0.2, 0.25) is 0 Å². The Balaban J connectivity index is 1.53. The van der Waals surface area contributed by atoms with E-state index in [4.69, 9.17) is 5.26 Å². The molecule has 27 heavy (non-hydrogen) atoms. The first-order valence-electron chi connectivity index (χ1n) is 10.3. The van der Waals surface area contributed by atoms with E-state index >= 15 is 0 Å². The SMILES string of the molecule is CCCCCc1ccc2cc(C3CCc4cc(C#N)ccc4C3)ccc2c1. The van der Waals surface area contributed by atoms with Gasteiger partial charge in [-0.2, -0.15) is 5.26 Å². The molecule has 0 aliphatic heterocycles. The van der Waals surface area contributed by atoms with Crippen LogP contribution in [0.25, 0.3) is 10.8 Å². The van der Waals surface area contributed by atoms with Crippen molar-refractivity contribution >= 4 is 10.8 Å². The fourth-order valence-corrected chi connectivity index (χ4v) is 4.41. The molecule has 1 heteroatoms. The van der Waals surface area contributed by atoms with Crippen LogP contribution in [0.4, 0.5) is 0 Å². The number of benzene rings is 3. The normalized spacial score (nSPS) is 16.1. The Hall–Kier alpha value is -2.59. The first kappa shape index (κ1) is 17.8. The zero-order valence-electron chi connectivity index (χ0n) is 16.2. The highest BCUT2D eigenvalue weighted by Gasteiger charge is 2.20. The first-order chi connectivity index (χ1) is 13.3. The molecule has 1 unspecified atom stereocenters. The van der Waals surface area contributed by atoms with Crippen molar-refractivity contribution in [2.24, 2.45) is 0 Å². The van der Waals surface area contributed by atoms with Crippen LogP contribution in [0.15, 0.2) is 54.6 Å². The summed E-state index contributed by atoms with van der Waals surface area (Å²) < 4.78 is 0. The van der Waals surface area contributed by atoms with Crippen LogP contribution in [0.3, 0.4) is 0 Å². The van der Waals surface area contributed by atoms with Crippen LogP contribution in [0, 0.1) is 11.3 Å². The minimum atomic E-state index is 0.582. The minimum Gasteiger partial charge on any atom is -0.192 e. The van der Waals surface area contributed by atoms with Crippen LogP contribution in [0.2, 0.25) is 0 Å². The largest absolute Gasteiger partial charge is 0.192 e. The quantitative estimate of drug-likeness (QED) is 0.467. The van der Waals surface area contributed by atoms with E-state index in [0.29, 0.717) is 5.92 Å². The number of aryl methyl sites for hydroxylation is 2. The monoisotopic (exact) mass is 353 g/mol.